The molecule has 2 aromatic rings. The molecule has 17 heavy (non-hydrogen) atoms. The number of methoxy groups -OCH3 is 2. The Balaban J connectivity index is 2.55. The van der Waals surface area contributed by atoms with Gasteiger partial charge in [0.05, 0.1) is 14.2 Å². The summed E-state index contributed by atoms with van der Waals surface area (Å²) in [6, 6.07) is 0.104. The van der Waals surface area contributed by atoms with Gasteiger partial charge in [0.1, 0.15) is 0 Å². The molecule has 0 aliphatic carbocycles. The highest BCUT2D eigenvalue weighted by atomic mass is 35.5. The van der Waals surface area contributed by atoms with Crippen LogP contribution in [-0.4, -0.2) is 39.1 Å². The second-order valence-corrected chi connectivity index (χ2v) is 3.17. The quantitative estimate of drug-likeness (QED) is 0.807. The van der Waals surface area contributed by atoms with Crippen LogP contribution in [0.25, 0.3) is 11.5 Å². The Bertz CT molecular complexity index is 537. The zero-order valence-electron chi connectivity index (χ0n) is 9.09. The van der Waals surface area contributed by atoms with Crippen LogP contribution in [0.4, 0.5) is 0 Å². The van der Waals surface area contributed by atoms with E-state index in [0.717, 1.165) is 0 Å². The molecule has 88 valence electrons. The molecule has 0 atom stereocenters. The van der Waals surface area contributed by atoms with Crippen molar-refractivity contribution in [2.45, 2.75) is 0 Å². The van der Waals surface area contributed by atoms with Gasteiger partial charge in [0.2, 0.25) is 11.2 Å². The maximum Gasteiger partial charge on any atom is 0.321 e. The zero-order chi connectivity index (χ0) is 12.3. The van der Waals surface area contributed by atoms with Crippen LogP contribution < -0.4 is 9.47 Å². The fraction of sp³-hybridized carbons (Fsp3) is 0.222. The summed E-state index contributed by atoms with van der Waals surface area (Å²) in [6.45, 7) is 0. The highest BCUT2D eigenvalue weighted by Gasteiger charge is 2.14. The molecule has 0 aliphatic rings. The number of halogens is 1. The van der Waals surface area contributed by atoms with E-state index in [0.29, 0.717) is 11.6 Å². The number of ether oxygens (including phenoxy) is 2. The van der Waals surface area contributed by atoms with Crippen molar-refractivity contribution in [1.82, 2.24) is 24.9 Å². The van der Waals surface area contributed by atoms with Crippen LogP contribution >= 0.6 is 11.6 Å². The third-order valence-electron chi connectivity index (χ3n) is 1.84. The molecule has 2 rings (SSSR count). The predicted octanol–water partition coefficient (Wildman–Crippen LogP) is 0.999. The second kappa shape index (κ2) is 4.88. The molecule has 0 N–H and O–H groups in total. The van der Waals surface area contributed by atoms with Crippen molar-refractivity contribution in [2.75, 3.05) is 14.2 Å². The van der Waals surface area contributed by atoms with Gasteiger partial charge in [-0.05, 0) is 11.6 Å². The van der Waals surface area contributed by atoms with Gasteiger partial charge in [0.15, 0.2) is 11.5 Å². The Morgan fingerprint density at radius 1 is 1.00 bits per heavy atom. The topological polar surface area (TPSA) is 82.9 Å². The van der Waals surface area contributed by atoms with E-state index in [2.05, 4.69) is 24.9 Å². The van der Waals surface area contributed by atoms with E-state index in [1.807, 2.05) is 0 Å². The maximum atomic E-state index is 5.74. The first kappa shape index (κ1) is 11.5. The molecule has 0 saturated carbocycles. The maximum absolute atomic E-state index is 5.74. The summed E-state index contributed by atoms with van der Waals surface area (Å²) in [6.07, 6.45) is 3.00. The molecular formula is C9H8ClN5O2. The molecule has 0 spiro atoms. The summed E-state index contributed by atoms with van der Waals surface area (Å²) >= 11 is 5.74. The van der Waals surface area contributed by atoms with E-state index in [9.17, 15) is 0 Å². The molecule has 2 aromatic heterocycles. The summed E-state index contributed by atoms with van der Waals surface area (Å²) in [4.78, 5) is 19.8. The molecule has 0 saturated heterocycles. The highest BCUT2D eigenvalue weighted by molar-refractivity contribution is 6.28. The lowest BCUT2D eigenvalue weighted by Crippen LogP contribution is -2.01. The molecule has 0 amide bonds. The predicted molar refractivity (Wildman–Crippen MR) is 59.0 cm³/mol. The number of rotatable bonds is 3. The third-order valence-corrected chi connectivity index (χ3v) is 2.01. The molecule has 2 heterocycles. The Labute approximate surface area is 102 Å². The number of aromatic nitrogens is 5. The van der Waals surface area contributed by atoms with Crippen LogP contribution in [0.1, 0.15) is 0 Å². The van der Waals surface area contributed by atoms with Crippen molar-refractivity contribution in [2.24, 2.45) is 0 Å². The summed E-state index contributed by atoms with van der Waals surface area (Å²) in [7, 11) is 2.91. The molecule has 0 aromatic carbocycles. The molecule has 0 unspecified atom stereocenters. The number of hydrogen-bond acceptors (Lipinski definition) is 7. The summed E-state index contributed by atoms with van der Waals surface area (Å²) < 4.78 is 9.95. The normalized spacial score (nSPS) is 10.1. The van der Waals surface area contributed by atoms with E-state index in [4.69, 9.17) is 21.1 Å². The Morgan fingerprint density at radius 2 is 1.76 bits per heavy atom. The minimum absolute atomic E-state index is 0.0135. The van der Waals surface area contributed by atoms with E-state index in [1.165, 1.54) is 26.6 Å². The van der Waals surface area contributed by atoms with Gasteiger partial charge < -0.3 is 9.47 Å². The van der Waals surface area contributed by atoms with Crippen molar-refractivity contribution >= 4 is 11.6 Å². The van der Waals surface area contributed by atoms with Gasteiger partial charge in [-0.1, -0.05) is 0 Å². The van der Waals surface area contributed by atoms with Gasteiger partial charge in [0.25, 0.3) is 0 Å². The van der Waals surface area contributed by atoms with E-state index < -0.39 is 0 Å². The number of hydrogen-bond donors (Lipinski definition) is 0. The van der Waals surface area contributed by atoms with Crippen molar-refractivity contribution in [3.05, 3.63) is 17.7 Å². The SMILES string of the molecule is COc1nc(Cl)nc(-c2nccnc2OC)n1. The molecular weight excluding hydrogens is 246 g/mol. The van der Waals surface area contributed by atoms with Gasteiger partial charge in [0, 0.05) is 12.4 Å². The van der Waals surface area contributed by atoms with Gasteiger partial charge in [-0.3, -0.25) is 0 Å². The number of nitrogens with zero attached hydrogens (tertiary/aromatic N) is 5. The summed E-state index contributed by atoms with van der Waals surface area (Å²) in [5.41, 5.74) is 0.373. The van der Waals surface area contributed by atoms with Gasteiger partial charge in [-0.2, -0.15) is 15.0 Å². The highest BCUT2D eigenvalue weighted by Crippen LogP contribution is 2.23. The van der Waals surface area contributed by atoms with E-state index in [-0.39, 0.29) is 17.1 Å². The Morgan fingerprint density at radius 3 is 2.47 bits per heavy atom. The lowest BCUT2D eigenvalue weighted by atomic mass is 10.4. The van der Waals surface area contributed by atoms with Gasteiger partial charge in [-0.15, -0.1) is 0 Å². The average Bonchev–Trinajstić information content (AvgIpc) is 2.37. The van der Waals surface area contributed by atoms with Crippen molar-refractivity contribution in [3.63, 3.8) is 0 Å². The van der Waals surface area contributed by atoms with E-state index >= 15 is 0 Å². The van der Waals surface area contributed by atoms with Crippen LogP contribution in [0.15, 0.2) is 12.4 Å². The molecule has 0 aliphatic heterocycles. The largest absolute Gasteiger partial charge is 0.479 e. The zero-order valence-corrected chi connectivity index (χ0v) is 9.84. The van der Waals surface area contributed by atoms with Gasteiger partial charge >= 0.3 is 6.01 Å². The fourth-order valence-electron chi connectivity index (χ4n) is 1.16. The van der Waals surface area contributed by atoms with Crippen LogP contribution in [0.2, 0.25) is 5.28 Å². The summed E-state index contributed by atoms with van der Waals surface area (Å²) in [5.74, 6) is 0.545. The smallest absolute Gasteiger partial charge is 0.321 e. The first-order chi connectivity index (χ1) is 8.24. The third kappa shape index (κ3) is 2.39. The molecule has 0 fully saturated rings. The molecule has 7 nitrogen and oxygen atoms in total. The lowest BCUT2D eigenvalue weighted by molar-refractivity contribution is 0.377. The first-order valence-corrected chi connectivity index (χ1v) is 4.93. The minimum atomic E-state index is 0.0135. The van der Waals surface area contributed by atoms with E-state index in [1.54, 1.807) is 0 Å². The fourth-order valence-corrected chi connectivity index (χ4v) is 1.31. The standard InChI is InChI=1S/C9H8ClN5O2/c1-16-7-5(11-3-4-12-7)6-13-8(10)15-9(14-6)17-2/h3-4H,1-2H3. The minimum Gasteiger partial charge on any atom is -0.479 e. The molecule has 0 bridgehead atoms. The Kier molecular flexibility index (Phi) is 3.29. The van der Waals surface area contributed by atoms with Crippen LogP contribution in [0, 0.1) is 0 Å². The van der Waals surface area contributed by atoms with Crippen molar-refractivity contribution in [1.29, 1.82) is 0 Å². The average molecular weight is 254 g/mol. The van der Waals surface area contributed by atoms with Crippen molar-refractivity contribution < 1.29 is 9.47 Å². The van der Waals surface area contributed by atoms with Crippen molar-refractivity contribution in [3.8, 4) is 23.4 Å². The van der Waals surface area contributed by atoms with Crippen LogP contribution in [0.3, 0.4) is 0 Å². The second-order valence-electron chi connectivity index (χ2n) is 2.83. The molecule has 8 heteroatoms. The van der Waals surface area contributed by atoms with Crippen LogP contribution in [0.5, 0.6) is 11.9 Å². The first-order valence-electron chi connectivity index (χ1n) is 4.55. The lowest BCUT2D eigenvalue weighted by Gasteiger charge is -2.05. The van der Waals surface area contributed by atoms with Crippen LogP contribution in [-0.2, 0) is 0 Å². The Hall–Kier alpha value is -2.02. The monoisotopic (exact) mass is 253 g/mol. The van der Waals surface area contributed by atoms with Gasteiger partial charge in [-0.25, -0.2) is 9.97 Å². The summed E-state index contributed by atoms with van der Waals surface area (Å²) in [5, 5.41) is 0.0135. The molecule has 0 radical (unpaired) electrons.